The largest absolute Gasteiger partial charge is 0.382 e. The van der Waals surface area contributed by atoms with E-state index in [0.717, 1.165) is 32.0 Å². The number of likely N-dealkylation sites (N-methyl/N-ethyl adjacent to an activating group) is 1. The van der Waals surface area contributed by atoms with Gasteiger partial charge in [0.2, 0.25) is 0 Å². The maximum Gasteiger partial charge on any atom is 0.137 e. The Hall–Kier alpha value is -2.68. The van der Waals surface area contributed by atoms with Gasteiger partial charge in [0.1, 0.15) is 29.9 Å². The van der Waals surface area contributed by atoms with Crippen LogP contribution in [0.3, 0.4) is 0 Å². The van der Waals surface area contributed by atoms with Crippen LogP contribution >= 0.6 is 0 Å². The van der Waals surface area contributed by atoms with Gasteiger partial charge >= 0.3 is 0 Å². The number of nitrogens with zero attached hydrogens (tertiary/aromatic N) is 5. The summed E-state index contributed by atoms with van der Waals surface area (Å²) in [5.74, 6) is -0.885. The summed E-state index contributed by atoms with van der Waals surface area (Å²) in [7, 11) is 1.90. The van der Waals surface area contributed by atoms with Crippen molar-refractivity contribution in [2.45, 2.75) is 30.9 Å². The zero-order valence-electron chi connectivity index (χ0n) is 18.2. The van der Waals surface area contributed by atoms with Crippen LogP contribution in [-0.4, -0.2) is 63.0 Å². The van der Waals surface area contributed by atoms with Crippen LogP contribution in [0, 0.1) is 11.6 Å². The molecular formula is C24H29F2N5O. The van der Waals surface area contributed by atoms with E-state index in [1.807, 2.05) is 18.0 Å². The minimum absolute atomic E-state index is 0.00989. The number of halogens is 2. The summed E-state index contributed by atoms with van der Waals surface area (Å²) >= 11 is 0. The number of piperidine rings is 1. The molecule has 1 aromatic heterocycles. The van der Waals surface area contributed by atoms with E-state index >= 15 is 0 Å². The zero-order valence-corrected chi connectivity index (χ0v) is 18.2. The smallest absolute Gasteiger partial charge is 0.137 e. The lowest BCUT2D eigenvalue weighted by Crippen LogP contribution is -2.48. The molecule has 1 aliphatic heterocycles. The van der Waals surface area contributed by atoms with E-state index in [1.165, 1.54) is 35.0 Å². The quantitative estimate of drug-likeness (QED) is 0.582. The molecule has 1 N–H and O–H groups in total. The molecule has 0 radical (unpaired) electrons. The van der Waals surface area contributed by atoms with Crippen molar-refractivity contribution >= 4 is 0 Å². The molecule has 170 valence electrons. The van der Waals surface area contributed by atoms with Gasteiger partial charge in [-0.25, -0.2) is 18.4 Å². The summed E-state index contributed by atoms with van der Waals surface area (Å²) in [5, 5.41) is 15.6. The summed E-state index contributed by atoms with van der Waals surface area (Å²) in [6.07, 6.45) is 4.99. The first kappa shape index (κ1) is 22.5. The Morgan fingerprint density at radius 3 is 2.53 bits per heavy atom. The minimum Gasteiger partial charge on any atom is -0.382 e. The molecular weight excluding hydrogens is 412 g/mol. The second-order valence-corrected chi connectivity index (χ2v) is 8.71. The highest BCUT2D eigenvalue weighted by atomic mass is 19.1. The van der Waals surface area contributed by atoms with E-state index in [-0.39, 0.29) is 18.7 Å². The van der Waals surface area contributed by atoms with E-state index in [4.69, 9.17) is 0 Å². The first-order valence-corrected chi connectivity index (χ1v) is 10.9. The third-order valence-electron chi connectivity index (χ3n) is 6.15. The molecule has 3 aromatic rings. The Balaban J connectivity index is 1.42. The number of aliphatic hydroxyl groups is 1. The fourth-order valence-electron chi connectivity index (χ4n) is 4.64. The van der Waals surface area contributed by atoms with Crippen molar-refractivity contribution in [1.82, 2.24) is 24.6 Å². The summed E-state index contributed by atoms with van der Waals surface area (Å²) in [4.78, 5) is 8.22. The zero-order chi connectivity index (χ0) is 22.6. The highest BCUT2D eigenvalue weighted by molar-refractivity contribution is 5.26. The Morgan fingerprint density at radius 1 is 1.12 bits per heavy atom. The molecule has 32 heavy (non-hydrogen) atoms. The van der Waals surface area contributed by atoms with Gasteiger partial charge in [-0.05, 0) is 50.5 Å². The van der Waals surface area contributed by atoms with Crippen LogP contribution in [0.25, 0.3) is 0 Å². The summed E-state index contributed by atoms with van der Waals surface area (Å²) in [6, 6.07) is 13.9. The fourth-order valence-corrected chi connectivity index (χ4v) is 4.64. The van der Waals surface area contributed by atoms with Crippen molar-refractivity contribution in [3.05, 3.63) is 83.9 Å². The normalized spacial score (nSPS) is 17.5. The van der Waals surface area contributed by atoms with Gasteiger partial charge in [-0.3, -0.25) is 9.80 Å². The molecule has 2 heterocycles. The van der Waals surface area contributed by atoms with Crippen molar-refractivity contribution in [3.8, 4) is 0 Å². The van der Waals surface area contributed by atoms with Crippen molar-refractivity contribution in [1.29, 1.82) is 0 Å². The van der Waals surface area contributed by atoms with Gasteiger partial charge in [-0.1, -0.05) is 36.4 Å². The number of hydrogen-bond donors (Lipinski definition) is 1. The predicted molar refractivity (Wildman–Crippen MR) is 118 cm³/mol. The van der Waals surface area contributed by atoms with Gasteiger partial charge in [-0.15, -0.1) is 0 Å². The van der Waals surface area contributed by atoms with E-state index in [2.05, 4.69) is 39.2 Å². The monoisotopic (exact) mass is 441 g/mol. The third kappa shape index (κ3) is 5.38. The Kier molecular flexibility index (Phi) is 6.93. The van der Waals surface area contributed by atoms with E-state index in [9.17, 15) is 13.9 Å². The van der Waals surface area contributed by atoms with Gasteiger partial charge in [0.05, 0.1) is 13.2 Å². The van der Waals surface area contributed by atoms with Crippen molar-refractivity contribution in [2.75, 3.05) is 33.4 Å². The topological polar surface area (TPSA) is 57.4 Å². The molecule has 8 heteroatoms. The van der Waals surface area contributed by atoms with Gasteiger partial charge in [0, 0.05) is 18.2 Å². The summed E-state index contributed by atoms with van der Waals surface area (Å²) < 4.78 is 29.5. The van der Waals surface area contributed by atoms with E-state index in [1.54, 1.807) is 0 Å². The molecule has 1 saturated heterocycles. The SMILES string of the molecule is CN(CN1CCC(c2ccccc2)CC1)CC(O)(Cn1cncn1)c1ccc(F)cc1F. The lowest BCUT2D eigenvalue weighted by Gasteiger charge is -2.38. The average molecular weight is 442 g/mol. The van der Waals surface area contributed by atoms with Crippen molar-refractivity contribution < 1.29 is 13.9 Å². The molecule has 0 aliphatic carbocycles. The molecule has 0 saturated carbocycles. The Bertz CT molecular complexity index is 993. The first-order chi connectivity index (χ1) is 15.4. The van der Waals surface area contributed by atoms with Gasteiger partial charge in [0.15, 0.2) is 0 Å². The van der Waals surface area contributed by atoms with E-state index < -0.39 is 17.2 Å². The number of hydrogen-bond acceptors (Lipinski definition) is 5. The van der Waals surface area contributed by atoms with Crippen LogP contribution in [0.4, 0.5) is 8.78 Å². The lowest BCUT2D eigenvalue weighted by atomic mass is 9.89. The second-order valence-electron chi connectivity index (χ2n) is 8.71. The molecule has 1 fully saturated rings. The highest BCUT2D eigenvalue weighted by Crippen LogP contribution is 2.30. The predicted octanol–water partition coefficient (Wildman–Crippen LogP) is 3.21. The van der Waals surface area contributed by atoms with Crippen molar-refractivity contribution in [3.63, 3.8) is 0 Å². The van der Waals surface area contributed by atoms with Crippen LogP contribution in [0.1, 0.15) is 29.9 Å². The molecule has 1 atom stereocenters. The number of benzene rings is 2. The van der Waals surface area contributed by atoms with Crippen LogP contribution in [0.5, 0.6) is 0 Å². The van der Waals surface area contributed by atoms with E-state index in [0.29, 0.717) is 12.6 Å². The maximum atomic E-state index is 14.6. The molecule has 0 spiro atoms. The maximum absolute atomic E-state index is 14.6. The van der Waals surface area contributed by atoms with Gasteiger partial charge in [0.25, 0.3) is 0 Å². The van der Waals surface area contributed by atoms with Crippen molar-refractivity contribution in [2.24, 2.45) is 0 Å². The molecule has 0 amide bonds. The summed E-state index contributed by atoms with van der Waals surface area (Å²) in [5.41, 5.74) is -0.165. The average Bonchev–Trinajstić information content (AvgIpc) is 3.27. The Morgan fingerprint density at radius 2 is 1.88 bits per heavy atom. The number of likely N-dealkylation sites (tertiary alicyclic amines) is 1. The van der Waals surface area contributed by atoms with Gasteiger partial charge < -0.3 is 5.11 Å². The van der Waals surface area contributed by atoms with Crippen LogP contribution in [0.2, 0.25) is 0 Å². The van der Waals surface area contributed by atoms with Crippen LogP contribution in [0.15, 0.2) is 61.2 Å². The number of rotatable bonds is 8. The molecule has 1 aliphatic rings. The van der Waals surface area contributed by atoms with Gasteiger partial charge in [-0.2, -0.15) is 5.10 Å². The number of aromatic nitrogens is 3. The Labute approximate surface area is 187 Å². The van der Waals surface area contributed by atoms with Crippen LogP contribution in [-0.2, 0) is 12.1 Å². The molecule has 2 aromatic carbocycles. The highest BCUT2D eigenvalue weighted by Gasteiger charge is 2.35. The minimum atomic E-state index is -1.59. The first-order valence-electron chi connectivity index (χ1n) is 10.9. The molecule has 6 nitrogen and oxygen atoms in total. The standard InChI is InChI=1S/C24H29F2N5O/c1-29(18-30-11-9-20(10-12-30)19-5-3-2-4-6-19)14-24(32,15-31-17-27-16-28-31)22-8-7-21(25)13-23(22)26/h2-8,13,16-17,20,32H,9-12,14-15,18H2,1H3. The molecule has 0 bridgehead atoms. The molecule has 4 rings (SSSR count). The molecule has 1 unspecified atom stereocenters. The van der Waals surface area contributed by atoms with Crippen LogP contribution < -0.4 is 0 Å². The summed E-state index contributed by atoms with van der Waals surface area (Å²) in [6.45, 7) is 2.72. The fraction of sp³-hybridized carbons (Fsp3) is 0.417. The second kappa shape index (κ2) is 9.85. The third-order valence-corrected chi connectivity index (χ3v) is 6.15. The lowest BCUT2D eigenvalue weighted by molar-refractivity contribution is -0.0285.